The van der Waals surface area contributed by atoms with E-state index in [0.29, 0.717) is 24.0 Å². The molecule has 0 spiro atoms. The maximum atomic E-state index is 13.5. The van der Waals surface area contributed by atoms with Gasteiger partial charge in [-0.15, -0.1) is 0 Å². The molecule has 0 fully saturated rings. The molecule has 0 radical (unpaired) electrons. The molecule has 0 unspecified atom stereocenters. The van der Waals surface area contributed by atoms with Gasteiger partial charge in [0.2, 0.25) is 0 Å². The van der Waals surface area contributed by atoms with Crippen LogP contribution >= 0.6 is 11.6 Å². The summed E-state index contributed by atoms with van der Waals surface area (Å²) >= 11 is 5.69. The molecule has 2 rings (SSSR count). The molecule has 15 heavy (non-hydrogen) atoms. The first-order chi connectivity index (χ1) is 7.15. The minimum atomic E-state index is -0.576. The van der Waals surface area contributed by atoms with Crippen LogP contribution in [0.15, 0.2) is 6.07 Å². The van der Waals surface area contributed by atoms with Crippen molar-refractivity contribution in [3.63, 3.8) is 0 Å². The average Bonchev–Trinajstić information content (AvgIpc) is 2.22. The number of hydrogen-bond acceptors (Lipinski definition) is 2. The van der Waals surface area contributed by atoms with E-state index in [2.05, 4.69) is 0 Å². The van der Waals surface area contributed by atoms with Gasteiger partial charge >= 0.3 is 0 Å². The lowest BCUT2D eigenvalue weighted by atomic mass is 9.90. The van der Waals surface area contributed by atoms with Crippen LogP contribution in [0, 0.1) is 5.82 Å². The van der Waals surface area contributed by atoms with Crippen LogP contribution in [0.5, 0.6) is 5.75 Å². The number of fused-ring (bicyclic) bond motifs is 1. The molecule has 0 N–H and O–H groups in total. The summed E-state index contributed by atoms with van der Waals surface area (Å²) in [4.78, 5) is 11.6. The summed E-state index contributed by atoms with van der Waals surface area (Å²) < 4.78 is 18.5. The van der Waals surface area contributed by atoms with E-state index in [1.165, 1.54) is 13.2 Å². The number of carbonyl (C=O) groups is 1. The van der Waals surface area contributed by atoms with Crippen molar-refractivity contribution in [2.75, 3.05) is 7.11 Å². The van der Waals surface area contributed by atoms with Crippen LogP contribution in [0.25, 0.3) is 0 Å². The van der Waals surface area contributed by atoms with E-state index in [1.807, 2.05) is 0 Å². The first-order valence-electron chi connectivity index (χ1n) is 4.73. The predicted octanol–water partition coefficient (Wildman–Crippen LogP) is 3.01. The third-order valence-corrected chi connectivity index (χ3v) is 2.89. The minimum Gasteiger partial charge on any atom is -0.493 e. The van der Waals surface area contributed by atoms with Gasteiger partial charge in [-0.1, -0.05) is 11.6 Å². The zero-order chi connectivity index (χ0) is 11.0. The molecule has 0 amide bonds. The van der Waals surface area contributed by atoms with Gasteiger partial charge in [0.1, 0.15) is 0 Å². The molecule has 0 atom stereocenters. The Bertz CT molecular complexity index is 429. The molecular weight excluding hydrogens is 219 g/mol. The Morgan fingerprint density at radius 3 is 2.87 bits per heavy atom. The molecular formula is C11H10ClFO2. The van der Waals surface area contributed by atoms with Gasteiger partial charge in [-0.3, -0.25) is 4.79 Å². The van der Waals surface area contributed by atoms with E-state index < -0.39 is 5.82 Å². The number of Topliss-reactive ketones (excluding diaryl/α,β-unsaturated/α-hetero) is 1. The molecule has 0 aromatic heterocycles. The molecule has 80 valence electrons. The quantitative estimate of drug-likeness (QED) is 0.739. The van der Waals surface area contributed by atoms with Gasteiger partial charge in [0.15, 0.2) is 17.3 Å². The van der Waals surface area contributed by atoms with E-state index in [9.17, 15) is 9.18 Å². The number of methoxy groups -OCH3 is 1. The lowest BCUT2D eigenvalue weighted by molar-refractivity contribution is 0.0971. The maximum Gasteiger partial charge on any atom is 0.183 e. The summed E-state index contributed by atoms with van der Waals surface area (Å²) in [7, 11) is 1.38. The Balaban J connectivity index is 2.69. The molecule has 1 aromatic carbocycles. The molecule has 1 aromatic rings. The fourth-order valence-corrected chi connectivity index (χ4v) is 2.11. The molecule has 0 heterocycles. The summed E-state index contributed by atoms with van der Waals surface area (Å²) in [6.45, 7) is 0. The van der Waals surface area contributed by atoms with Gasteiger partial charge in [-0.2, -0.15) is 0 Å². The molecule has 2 nitrogen and oxygen atoms in total. The summed E-state index contributed by atoms with van der Waals surface area (Å²) in [5.41, 5.74) is 1.15. The van der Waals surface area contributed by atoms with E-state index in [-0.39, 0.29) is 16.6 Å². The zero-order valence-corrected chi connectivity index (χ0v) is 9.03. The molecule has 0 saturated heterocycles. The smallest absolute Gasteiger partial charge is 0.183 e. The Hall–Kier alpha value is -1.09. The van der Waals surface area contributed by atoms with Crippen molar-refractivity contribution < 1.29 is 13.9 Å². The molecule has 0 aliphatic heterocycles. The molecule has 4 heteroatoms. The van der Waals surface area contributed by atoms with E-state index in [1.54, 1.807) is 0 Å². The number of halogens is 2. The highest BCUT2D eigenvalue weighted by molar-refractivity contribution is 6.31. The van der Waals surface area contributed by atoms with Crippen LogP contribution in [0.3, 0.4) is 0 Å². The van der Waals surface area contributed by atoms with Crippen LogP contribution in [0.2, 0.25) is 5.02 Å². The maximum absolute atomic E-state index is 13.5. The molecule has 0 bridgehead atoms. The molecule has 1 aliphatic carbocycles. The Morgan fingerprint density at radius 1 is 1.47 bits per heavy atom. The number of ether oxygens (including phenoxy) is 1. The summed E-state index contributed by atoms with van der Waals surface area (Å²) in [5, 5.41) is -0.0548. The van der Waals surface area contributed by atoms with Crippen LogP contribution in [-0.4, -0.2) is 12.9 Å². The van der Waals surface area contributed by atoms with Gasteiger partial charge in [-0.25, -0.2) is 4.39 Å². The number of ketones is 1. The van der Waals surface area contributed by atoms with Gasteiger partial charge in [0.05, 0.1) is 12.1 Å². The van der Waals surface area contributed by atoms with Crippen molar-refractivity contribution in [3.8, 4) is 5.75 Å². The lowest BCUT2D eigenvalue weighted by Gasteiger charge is -2.18. The SMILES string of the molecule is COc1c(F)c(Cl)cc2c1CCCC2=O. The normalized spacial score (nSPS) is 15.0. The van der Waals surface area contributed by atoms with Crippen molar-refractivity contribution in [2.45, 2.75) is 19.3 Å². The highest BCUT2D eigenvalue weighted by Crippen LogP contribution is 2.35. The third kappa shape index (κ3) is 1.61. The van der Waals surface area contributed by atoms with Crippen molar-refractivity contribution in [1.82, 2.24) is 0 Å². The highest BCUT2D eigenvalue weighted by Gasteiger charge is 2.24. The first-order valence-corrected chi connectivity index (χ1v) is 5.11. The van der Waals surface area contributed by atoms with Gasteiger partial charge < -0.3 is 4.74 Å². The number of carbonyl (C=O) groups excluding carboxylic acids is 1. The number of rotatable bonds is 1. The summed E-state index contributed by atoms with van der Waals surface area (Å²) in [6.07, 6.45) is 1.90. The minimum absolute atomic E-state index is 0.0106. The van der Waals surface area contributed by atoms with Crippen molar-refractivity contribution >= 4 is 17.4 Å². The number of hydrogen-bond donors (Lipinski definition) is 0. The van der Waals surface area contributed by atoms with Crippen LogP contribution in [0.4, 0.5) is 4.39 Å². The Morgan fingerprint density at radius 2 is 2.20 bits per heavy atom. The monoisotopic (exact) mass is 228 g/mol. The Labute approximate surface area is 92.0 Å². The first kappa shape index (κ1) is 10.4. The van der Waals surface area contributed by atoms with Crippen LogP contribution < -0.4 is 4.74 Å². The van der Waals surface area contributed by atoms with Crippen LogP contribution in [-0.2, 0) is 6.42 Å². The van der Waals surface area contributed by atoms with Crippen molar-refractivity contribution in [3.05, 3.63) is 28.0 Å². The van der Waals surface area contributed by atoms with Crippen molar-refractivity contribution in [2.24, 2.45) is 0 Å². The summed E-state index contributed by atoms with van der Waals surface area (Å²) in [6, 6.07) is 1.40. The molecule has 0 saturated carbocycles. The van der Waals surface area contributed by atoms with Gasteiger partial charge in [0.25, 0.3) is 0 Å². The zero-order valence-electron chi connectivity index (χ0n) is 8.27. The van der Waals surface area contributed by atoms with E-state index in [4.69, 9.17) is 16.3 Å². The topological polar surface area (TPSA) is 26.3 Å². The van der Waals surface area contributed by atoms with Gasteiger partial charge in [-0.05, 0) is 18.9 Å². The van der Waals surface area contributed by atoms with Crippen LogP contribution in [0.1, 0.15) is 28.8 Å². The largest absolute Gasteiger partial charge is 0.493 e. The second kappa shape index (κ2) is 3.81. The standard InChI is InChI=1S/C11H10ClFO2/c1-15-11-6-3-2-4-9(14)7(6)5-8(12)10(11)13/h5H,2-4H2,1H3. The fraction of sp³-hybridized carbons (Fsp3) is 0.364. The van der Waals surface area contributed by atoms with Crippen molar-refractivity contribution in [1.29, 1.82) is 0 Å². The summed E-state index contributed by atoms with van der Waals surface area (Å²) in [5.74, 6) is -0.449. The molecule has 1 aliphatic rings. The Kier molecular flexibility index (Phi) is 2.65. The number of benzene rings is 1. The second-order valence-electron chi connectivity index (χ2n) is 3.51. The average molecular weight is 229 g/mol. The van der Waals surface area contributed by atoms with E-state index in [0.717, 1.165) is 6.42 Å². The third-order valence-electron chi connectivity index (χ3n) is 2.61. The van der Waals surface area contributed by atoms with Gasteiger partial charge in [0, 0.05) is 17.5 Å². The van der Waals surface area contributed by atoms with E-state index >= 15 is 0 Å². The fourth-order valence-electron chi connectivity index (χ4n) is 1.91. The second-order valence-corrected chi connectivity index (χ2v) is 3.92. The lowest BCUT2D eigenvalue weighted by Crippen LogP contribution is -2.13. The predicted molar refractivity (Wildman–Crippen MR) is 55.2 cm³/mol. The highest BCUT2D eigenvalue weighted by atomic mass is 35.5.